The largest absolute Gasteiger partial charge is 0.140 e. The quantitative estimate of drug-likeness (QED) is 0.265. The van der Waals surface area contributed by atoms with Gasteiger partial charge in [-0.05, 0) is 74.2 Å². The van der Waals surface area contributed by atoms with Gasteiger partial charge in [-0.25, -0.2) is 0 Å². The van der Waals surface area contributed by atoms with Crippen molar-refractivity contribution in [2.45, 2.75) is 32.4 Å². The smallest absolute Gasteiger partial charge is 0.0449 e. The first-order valence-corrected chi connectivity index (χ1v) is 13.5. The second kappa shape index (κ2) is 9.14. The highest BCUT2D eigenvalue weighted by Gasteiger charge is 2.13. The van der Waals surface area contributed by atoms with E-state index in [2.05, 4.69) is 80.8 Å². The summed E-state index contributed by atoms with van der Waals surface area (Å²) in [4.78, 5) is 11.0. The van der Waals surface area contributed by atoms with E-state index in [0.29, 0.717) is 5.25 Å². The number of allylic oxidation sites excluding steroid dienone is 1. The molecule has 144 valence electrons. The summed E-state index contributed by atoms with van der Waals surface area (Å²) in [7, 11) is 0. The Morgan fingerprint density at radius 3 is 1.79 bits per heavy atom. The van der Waals surface area contributed by atoms with E-state index in [1.807, 2.05) is 57.1 Å². The summed E-state index contributed by atoms with van der Waals surface area (Å²) in [6, 6.07) is 18.1. The minimum atomic E-state index is 0.509. The lowest BCUT2D eigenvalue weighted by Crippen LogP contribution is -1.78. The lowest BCUT2D eigenvalue weighted by molar-refractivity contribution is 1.15. The van der Waals surface area contributed by atoms with E-state index in [0.717, 1.165) is 6.42 Å². The van der Waals surface area contributed by atoms with Gasteiger partial charge in [0.2, 0.25) is 0 Å². The molecule has 0 fully saturated rings. The fraction of sp³-hybridized carbons (Fsp3) is 0.217. The second-order valence-electron chi connectivity index (χ2n) is 6.50. The molecule has 0 saturated heterocycles. The summed E-state index contributed by atoms with van der Waals surface area (Å²) in [6.07, 6.45) is 3.33. The van der Waals surface area contributed by atoms with Gasteiger partial charge in [-0.15, -0.1) is 57.1 Å². The number of hydrogen-bond donors (Lipinski definition) is 0. The molecule has 4 heterocycles. The Morgan fingerprint density at radius 1 is 0.750 bits per heavy atom. The molecule has 0 bridgehead atoms. The predicted octanol–water partition coefficient (Wildman–Crippen LogP) is 9.96. The third kappa shape index (κ3) is 4.55. The van der Waals surface area contributed by atoms with Crippen LogP contribution in [0.4, 0.5) is 0 Å². The normalized spacial score (nSPS) is 12.8. The van der Waals surface area contributed by atoms with Crippen molar-refractivity contribution in [3.05, 3.63) is 69.8 Å². The highest BCUT2D eigenvalue weighted by Crippen LogP contribution is 2.44. The third-order valence-electron chi connectivity index (χ3n) is 4.32. The second-order valence-corrected chi connectivity index (χ2v) is 12.3. The van der Waals surface area contributed by atoms with Crippen molar-refractivity contribution in [1.29, 1.82) is 0 Å². The van der Waals surface area contributed by atoms with Gasteiger partial charge in [0, 0.05) is 44.3 Å². The summed E-state index contributed by atoms with van der Waals surface area (Å²) >= 11 is 9.50. The van der Waals surface area contributed by atoms with Crippen LogP contribution in [0, 0.1) is 6.92 Å². The topological polar surface area (TPSA) is 0 Å². The van der Waals surface area contributed by atoms with Crippen molar-refractivity contribution in [2.24, 2.45) is 0 Å². The summed E-state index contributed by atoms with van der Waals surface area (Å²) in [5, 5.41) is 2.74. The van der Waals surface area contributed by atoms with E-state index in [4.69, 9.17) is 0 Å². The molecule has 0 aromatic carbocycles. The average molecular weight is 459 g/mol. The molecule has 0 amide bonds. The molecule has 0 saturated carbocycles. The van der Waals surface area contributed by atoms with Crippen LogP contribution in [0.2, 0.25) is 0 Å². The molecule has 5 heteroatoms. The van der Waals surface area contributed by atoms with Gasteiger partial charge in [0.05, 0.1) is 0 Å². The molecule has 4 aromatic heterocycles. The number of rotatable bonds is 7. The predicted molar refractivity (Wildman–Crippen MR) is 134 cm³/mol. The van der Waals surface area contributed by atoms with Gasteiger partial charge in [-0.3, -0.25) is 0 Å². The summed E-state index contributed by atoms with van der Waals surface area (Å²) in [5.41, 5.74) is 0. The molecule has 0 N–H and O–H groups in total. The molecule has 28 heavy (non-hydrogen) atoms. The van der Waals surface area contributed by atoms with E-state index >= 15 is 0 Å². The molecule has 0 aliphatic heterocycles. The maximum absolute atomic E-state index is 2.29. The molecule has 0 spiro atoms. The minimum Gasteiger partial charge on any atom is -0.140 e. The van der Waals surface area contributed by atoms with E-state index in [1.165, 1.54) is 39.0 Å². The molecule has 4 rings (SSSR count). The van der Waals surface area contributed by atoms with Crippen LogP contribution >= 0.6 is 57.1 Å². The molecule has 1 atom stereocenters. The fourth-order valence-electron chi connectivity index (χ4n) is 2.81. The molecule has 0 aliphatic rings. The maximum Gasteiger partial charge on any atom is 0.0449 e. The van der Waals surface area contributed by atoms with Crippen molar-refractivity contribution in [1.82, 2.24) is 0 Å². The van der Waals surface area contributed by atoms with Gasteiger partial charge >= 0.3 is 0 Å². The minimum absolute atomic E-state index is 0.509. The first-order chi connectivity index (χ1) is 13.6. The Balaban J connectivity index is 1.51. The summed E-state index contributed by atoms with van der Waals surface area (Å²) in [5.74, 6) is 0. The molecule has 1 unspecified atom stereocenters. The Morgan fingerprint density at radius 2 is 1.25 bits per heavy atom. The molecule has 4 aromatic rings. The highest BCUT2D eigenvalue weighted by atomic mass is 32.2. The Labute approximate surface area is 187 Å². The number of hydrogen-bond acceptors (Lipinski definition) is 5. The molecule has 0 radical (unpaired) electrons. The van der Waals surface area contributed by atoms with Gasteiger partial charge in [0.15, 0.2) is 0 Å². The van der Waals surface area contributed by atoms with Crippen LogP contribution < -0.4 is 0 Å². The number of aryl methyl sites for hydroxylation is 1. The van der Waals surface area contributed by atoms with Crippen molar-refractivity contribution in [3.8, 4) is 29.3 Å². The van der Waals surface area contributed by atoms with Crippen LogP contribution in [-0.4, -0.2) is 0 Å². The van der Waals surface area contributed by atoms with Crippen molar-refractivity contribution < 1.29 is 0 Å². The highest BCUT2D eigenvalue weighted by molar-refractivity contribution is 8.02. The zero-order valence-electron chi connectivity index (χ0n) is 16.1. The van der Waals surface area contributed by atoms with Gasteiger partial charge in [0.25, 0.3) is 0 Å². The fourth-order valence-corrected chi connectivity index (χ4v) is 7.97. The zero-order valence-corrected chi connectivity index (χ0v) is 20.2. The van der Waals surface area contributed by atoms with E-state index in [-0.39, 0.29) is 0 Å². The van der Waals surface area contributed by atoms with E-state index in [9.17, 15) is 0 Å². The van der Waals surface area contributed by atoms with Gasteiger partial charge in [-0.2, -0.15) is 0 Å². The average Bonchev–Trinajstić information content (AvgIpc) is 3.45. The van der Waals surface area contributed by atoms with Crippen LogP contribution in [0.3, 0.4) is 0 Å². The van der Waals surface area contributed by atoms with Gasteiger partial charge < -0.3 is 0 Å². The zero-order chi connectivity index (χ0) is 19.5. The first kappa shape index (κ1) is 20.2. The van der Waals surface area contributed by atoms with Crippen molar-refractivity contribution in [2.75, 3.05) is 0 Å². The maximum atomic E-state index is 2.29. The molecule has 0 aliphatic carbocycles. The Kier molecular flexibility index (Phi) is 6.59. The number of thioether (sulfide) groups is 1. The van der Waals surface area contributed by atoms with E-state index < -0.39 is 0 Å². The van der Waals surface area contributed by atoms with Crippen LogP contribution in [0.1, 0.15) is 35.3 Å². The van der Waals surface area contributed by atoms with Crippen LogP contribution in [0.5, 0.6) is 0 Å². The van der Waals surface area contributed by atoms with Gasteiger partial charge in [0.1, 0.15) is 0 Å². The monoisotopic (exact) mass is 458 g/mol. The SMILES string of the molecule is CC/C=C\SC(C)c1ccc(-c2ccc(-c3ccc(-c4ccc(C)s4)s3)s2)s1. The van der Waals surface area contributed by atoms with Crippen molar-refractivity contribution >= 4 is 57.1 Å². The van der Waals surface area contributed by atoms with E-state index in [1.54, 1.807) is 0 Å². The standard InChI is InChI=1S/C23H22S5/c1-4-5-14-24-16(3)17-8-9-20(26-17)21-12-13-23(28-21)22-11-10-19(27-22)18-7-6-15(2)25-18/h5-14,16H,4H2,1-3H3/b14-5-. The van der Waals surface area contributed by atoms with Crippen molar-refractivity contribution in [3.63, 3.8) is 0 Å². The van der Waals surface area contributed by atoms with Crippen LogP contribution in [0.25, 0.3) is 29.3 Å². The molecular formula is C23H22S5. The summed E-state index contributed by atoms with van der Waals surface area (Å²) < 4.78 is 0. The van der Waals surface area contributed by atoms with Gasteiger partial charge in [-0.1, -0.05) is 13.0 Å². The Bertz CT molecular complexity index is 1070. The lowest BCUT2D eigenvalue weighted by atomic mass is 10.3. The van der Waals surface area contributed by atoms with Crippen LogP contribution in [0.15, 0.2) is 60.0 Å². The number of thiophene rings is 4. The Hall–Kier alpha value is -1.11. The van der Waals surface area contributed by atoms with Crippen LogP contribution in [-0.2, 0) is 0 Å². The molecular weight excluding hydrogens is 437 g/mol. The molecule has 0 nitrogen and oxygen atoms in total. The third-order valence-corrected chi connectivity index (χ3v) is 10.5. The summed E-state index contributed by atoms with van der Waals surface area (Å²) in [6.45, 7) is 6.64. The first-order valence-electron chi connectivity index (χ1n) is 9.31. The lowest BCUT2D eigenvalue weighted by Gasteiger charge is -2.04.